The highest BCUT2D eigenvalue weighted by molar-refractivity contribution is 6.24. The summed E-state index contributed by atoms with van der Waals surface area (Å²) in [5.41, 5.74) is 6.22. The number of ketones is 2. The number of hydrogen-bond donors (Lipinski definition) is 1. The molecule has 0 saturated carbocycles. The van der Waals surface area contributed by atoms with Crippen LogP contribution >= 0.6 is 0 Å². The van der Waals surface area contributed by atoms with Crippen molar-refractivity contribution in [2.45, 2.75) is 0 Å². The zero-order valence-corrected chi connectivity index (χ0v) is 8.28. The lowest BCUT2D eigenvalue weighted by molar-refractivity contribution is 0.0983. The molecule has 2 rings (SSSR count). The third kappa shape index (κ3) is 1.40. The molecule has 0 spiro atoms. The van der Waals surface area contributed by atoms with Crippen molar-refractivity contribution >= 4 is 22.5 Å². The Labute approximate surface area is 85.6 Å². The van der Waals surface area contributed by atoms with Gasteiger partial charge in [0.05, 0.1) is 5.70 Å². The third-order valence-corrected chi connectivity index (χ3v) is 1.99. The quantitative estimate of drug-likeness (QED) is 0.623. The molecule has 14 heavy (non-hydrogen) atoms. The molecule has 1 aromatic rings. The van der Waals surface area contributed by atoms with Crippen LogP contribution in [0.1, 0.15) is 20.7 Å². The van der Waals surface area contributed by atoms with E-state index in [0.717, 1.165) is 0 Å². The van der Waals surface area contributed by atoms with Gasteiger partial charge in [-0.15, -0.1) is 0 Å². The number of carbonyl (C=O) groups is 2. The van der Waals surface area contributed by atoms with Crippen molar-refractivity contribution in [1.29, 1.82) is 0 Å². The van der Waals surface area contributed by atoms with E-state index in [-0.39, 0.29) is 28.2 Å². The molecule has 68 valence electrons. The lowest BCUT2D eigenvalue weighted by Crippen LogP contribution is -2.21. The summed E-state index contributed by atoms with van der Waals surface area (Å²) in [6.07, 6.45) is 1.17. The fourth-order valence-electron chi connectivity index (χ4n) is 1.34. The number of Topliss-reactive ketones (excluding diaryl/α,β-unsaturated/α-hetero) is 1. The molecule has 0 saturated heterocycles. The van der Waals surface area contributed by atoms with Crippen LogP contribution in [0.2, 0.25) is 0 Å². The summed E-state index contributed by atoms with van der Waals surface area (Å²) in [7, 11) is 0. The van der Waals surface area contributed by atoms with Gasteiger partial charge in [0.15, 0.2) is 5.78 Å². The van der Waals surface area contributed by atoms with E-state index in [1.165, 1.54) is 6.08 Å². The molecule has 1 aliphatic carbocycles. The van der Waals surface area contributed by atoms with Gasteiger partial charge in [0, 0.05) is 28.2 Å². The van der Waals surface area contributed by atoms with Gasteiger partial charge in [-0.3, -0.25) is 9.59 Å². The number of carbonyl (C=O) groups excluding carboxylic acids is 2. The Bertz CT molecular complexity index is 438. The van der Waals surface area contributed by atoms with Gasteiger partial charge in [0.1, 0.15) is 0 Å². The number of rotatable bonds is 0. The molecule has 1 aromatic carbocycles. The van der Waals surface area contributed by atoms with Gasteiger partial charge in [-0.1, -0.05) is 24.3 Å². The summed E-state index contributed by atoms with van der Waals surface area (Å²) in [4.78, 5) is 22.7. The van der Waals surface area contributed by atoms with E-state index in [0.29, 0.717) is 11.1 Å². The van der Waals surface area contributed by atoms with Crippen LogP contribution in [0.4, 0.5) is 0 Å². The van der Waals surface area contributed by atoms with Crippen LogP contribution in [-0.4, -0.2) is 22.5 Å². The largest absolute Gasteiger partial charge is 0.395 e. The van der Waals surface area contributed by atoms with Crippen molar-refractivity contribution in [2.24, 2.45) is 5.73 Å². The van der Waals surface area contributed by atoms with Crippen LogP contribution < -0.4 is 5.73 Å². The first-order chi connectivity index (χ1) is 6.20. The van der Waals surface area contributed by atoms with E-state index >= 15 is 0 Å². The maximum atomic E-state index is 11.4. The second-order valence-electron chi connectivity index (χ2n) is 2.84. The lowest BCUT2D eigenvalue weighted by atomic mass is 9.93. The SMILES string of the molecule is NC1=CC(=O)c2ccccc2C1=O.[Si]. The number of allylic oxidation sites excluding steroid dienone is 2. The first-order valence-electron chi connectivity index (χ1n) is 3.85. The minimum absolute atomic E-state index is 0. The molecule has 0 aliphatic heterocycles. The van der Waals surface area contributed by atoms with Gasteiger partial charge >= 0.3 is 0 Å². The fraction of sp³-hybridized carbons (Fsp3) is 0. The maximum Gasteiger partial charge on any atom is 0.209 e. The molecule has 4 heteroatoms. The van der Waals surface area contributed by atoms with Crippen molar-refractivity contribution in [2.75, 3.05) is 0 Å². The van der Waals surface area contributed by atoms with Crippen molar-refractivity contribution in [3.05, 3.63) is 47.2 Å². The molecule has 0 amide bonds. The number of benzene rings is 1. The molecule has 0 unspecified atom stereocenters. The highest BCUT2D eigenvalue weighted by atomic mass is 28.1. The van der Waals surface area contributed by atoms with E-state index in [4.69, 9.17) is 5.73 Å². The third-order valence-electron chi connectivity index (χ3n) is 1.99. The van der Waals surface area contributed by atoms with Crippen molar-refractivity contribution in [1.82, 2.24) is 0 Å². The summed E-state index contributed by atoms with van der Waals surface area (Å²) >= 11 is 0. The lowest BCUT2D eigenvalue weighted by Gasteiger charge is -2.10. The molecule has 0 heterocycles. The number of fused-ring (bicyclic) bond motifs is 1. The van der Waals surface area contributed by atoms with Gasteiger partial charge in [-0.2, -0.15) is 0 Å². The minimum Gasteiger partial charge on any atom is -0.395 e. The Hall–Kier alpha value is -1.68. The van der Waals surface area contributed by atoms with Crippen molar-refractivity contribution in [3.8, 4) is 0 Å². The van der Waals surface area contributed by atoms with Gasteiger partial charge in [-0.25, -0.2) is 0 Å². The first kappa shape index (κ1) is 10.4. The Morgan fingerprint density at radius 2 is 1.57 bits per heavy atom. The second kappa shape index (κ2) is 3.59. The van der Waals surface area contributed by atoms with Crippen LogP contribution in [0.5, 0.6) is 0 Å². The Kier molecular flexibility index (Phi) is 2.67. The predicted octanol–water partition coefficient (Wildman–Crippen LogP) is 0.527. The topological polar surface area (TPSA) is 60.2 Å². The predicted molar refractivity (Wildman–Crippen MR) is 53.1 cm³/mol. The summed E-state index contributed by atoms with van der Waals surface area (Å²) < 4.78 is 0. The van der Waals surface area contributed by atoms with Crippen LogP contribution in [0, 0.1) is 0 Å². The van der Waals surface area contributed by atoms with E-state index in [9.17, 15) is 9.59 Å². The zero-order valence-electron chi connectivity index (χ0n) is 7.28. The Morgan fingerprint density at radius 1 is 1.00 bits per heavy atom. The van der Waals surface area contributed by atoms with E-state index in [1.807, 2.05) is 0 Å². The highest BCUT2D eigenvalue weighted by Gasteiger charge is 2.22. The van der Waals surface area contributed by atoms with Crippen LogP contribution in [0.25, 0.3) is 0 Å². The molecule has 3 nitrogen and oxygen atoms in total. The van der Waals surface area contributed by atoms with E-state index in [2.05, 4.69) is 0 Å². The summed E-state index contributed by atoms with van der Waals surface area (Å²) in [6.45, 7) is 0. The molecule has 0 fully saturated rings. The fourth-order valence-corrected chi connectivity index (χ4v) is 1.34. The standard InChI is InChI=1S/C10H7NO2.Si/c11-8-5-9(12)6-3-1-2-4-7(6)10(8)13;/h1-5H,11H2;. The molecule has 0 atom stereocenters. The summed E-state index contributed by atoms with van der Waals surface area (Å²) in [6, 6.07) is 6.66. The molecular formula is C10H7NO2Si. The monoisotopic (exact) mass is 201 g/mol. The normalized spacial score (nSPS) is 14.1. The molecular weight excluding hydrogens is 194 g/mol. The van der Waals surface area contributed by atoms with Crippen LogP contribution in [-0.2, 0) is 0 Å². The zero-order chi connectivity index (χ0) is 9.42. The second-order valence-corrected chi connectivity index (χ2v) is 2.84. The average molecular weight is 201 g/mol. The molecule has 0 bridgehead atoms. The molecule has 4 radical (unpaired) electrons. The first-order valence-corrected chi connectivity index (χ1v) is 3.85. The molecule has 1 aliphatic rings. The average Bonchev–Trinajstić information content (AvgIpc) is 2.15. The highest BCUT2D eigenvalue weighted by Crippen LogP contribution is 2.18. The van der Waals surface area contributed by atoms with Crippen molar-refractivity contribution < 1.29 is 9.59 Å². The molecule has 2 N–H and O–H groups in total. The van der Waals surface area contributed by atoms with E-state index < -0.39 is 0 Å². The molecule has 0 aromatic heterocycles. The van der Waals surface area contributed by atoms with E-state index in [1.54, 1.807) is 24.3 Å². The minimum atomic E-state index is -0.268. The van der Waals surface area contributed by atoms with Gasteiger partial charge < -0.3 is 5.73 Å². The van der Waals surface area contributed by atoms with Gasteiger partial charge in [-0.05, 0) is 0 Å². The van der Waals surface area contributed by atoms with Gasteiger partial charge in [0.2, 0.25) is 5.78 Å². The summed E-state index contributed by atoms with van der Waals surface area (Å²) in [5, 5.41) is 0. The Morgan fingerprint density at radius 3 is 2.21 bits per heavy atom. The maximum absolute atomic E-state index is 11.4. The Balaban J connectivity index is 0.000000980. The van der Waals surface area contributed by atoms with Crippen molar-refractivity contribution in [3.63, 3.8) is 0 Å². The smallest absolute Gasteiger partial charge is 0.209 e. The van der Waals surface area contributed by atoms with Crippen LogP contribution in [0.15, 0.2) is 36.0 Å². The van der Waals surface area contributed by atoms with Gasteiger partial charge in [0.25, 0.3) is 0 Å². The number of nitrogens with two attached hydrogens (primary N) is 1. The summed E-state index contributed by atoms with van der Waals surface area (Å²) in [5.74, 6) is -0.470. The number of hydrogen-bond acceptors (Lipinski definition) is 3. The van der Waals surface area contributed by atoms with Crippen LogP contribution in [0.3, 0.4) is 0 Å².